The van der Waals surface area contributed by atoms with Crippen molar-refractivity contribution in [1.29, 1.82) is 0 Å². The van der Waals surface area contributed by atoms with Crippen molar-refractivity contribution in [2.45, 2.75) is 19.9 Å². The van der Waals surface area contributed by atoms with Crippen LogP contribution in [0.3, 0.4) is 0 Å². The molecule has 0 atom stereocenters. The van der Waals surface area contributed by atoms with Crippen molar-refractivity contribution in [3.8, 4) is 0 Å². The molecular formula is C17H15NO3S. The predicted molar refractivity (Wildman–Crippen MR) is 87.1 cm³/mol. The van der Waals surface area contributed by atoms with E-state index in [0.29, 0.717) is 17.7 Å². The standard InChI is InChI=1S/C17H15NO3S/c1-11-4-5-14-12(9-17(20)21-15(14)7-11)8-16(19)18-10-13-3-2-6-22-13/h2-7,9H,8,10H2,1H3,(H,18,19). The Hall–Kier alpha value is -2.40. The van der Waals surface area contributed by atoms with Crippen LogP contribution >= 0.6 is 11.3 Å². The molecule has 0 aliphatic rings. The number of aryl methyl sites for hydroxylation is 1. The predicted octanol–water partition coefficient (Wildman–Crippen LogP) is 3.02. The Labute approximate surface area is 131 Å². The van der Waals surface area contributed by atoms with Crippen molar-refractivity contribution in [1.82, 2.24) is 5.32 Å². The van der Waals surface area contributed by atoms with Gasteiger partial charge in [0.05, 0.1) is 13.0 Å². The van der Waals surface area contributed by atoms with Gasteiger partial charge in [-0.2, -0.15) is 0 Å². The second-order valence-corrected chi connectivity index (χ2v) is 6.16. The van der Waals surface area contributed by atoms with Crippen LogP contribution in [0.15, 0.2) is 51.0 Å². The molecule has 0 saturated heterocycles. The maximum absolute atomic E-state index is 12.1. The first kappa shape index (κ1) is 14.5. The number of nitrogens with one attached hydrogen (secondary N) is 1. The van der Waals surface area contributed by atoms with Gasteiger partial charge in [-0.05, 0) is 35.6 Å². The number of benzene rings is 1. The topological polar surface area (TPSA) is 59.3 Å². The number of amides is 1. The van der Waals surface area contributed by atoms with E-state index in [1.807, 2.05) is 42.6 Å². The van der Waals surface area contributed by atoms with E-state index in [9.17, 15) is 9.59 Å². The maximum Gasteiger partial charge on any atom is 0.336 e. The molecule has 0 radical (unpaired) electrons. The minimum absolute atomic E-state index is 0.110. The molecule has 2 aromatic heterocycles. The lowest BCUT2D eigenvalue weighted by atomic mass is 10.1. The highest BCUT2D eigenvalue weighted by Crippen LogP contribution is 2.19. The summed E-state index contributed by atoms with van der Waals surface area (Å²) in [6.07, 6.45) is 0.163. The van der Waals surface area contributed by atoms with E-state index >= 15 is 0 Å². The molecule has 0 aliphatic heterocycles. The van der Waals surface area contributed by atoms with Gasteiger partial charge in [0.15, 0.2) is 0 Å². The first-order valence-corrected chi connectivity index (χ1v) is 7.82. The smallest absolute Gasteiger partial charge is 0.336 e. The van der Waals surface area contributed by atoms with Crippen LogP contribution in [-0.4, -0.2) is 5.91 Å². The van der Waals surface area contributed by atoms with Gasteiger partial charge in [0, 0.05) is 16.3 Å². The third kappa shape index (κ3) is 3.26. The summed E-state index contributed by atoms with van der Waals surface area (Å²) in [6.45, 7) is 2.44. The van der Waals surface area contributed by atoms with Crippen molar-refractivity contribution >= 4 is 28.2 Å². The molecular weight excluding hydrogens is 298 g/mol. The molecule has 3 aromatic rings. The molecule has 4 nitrogen and oxygen atoms in total. The number of rotatable bonds is 4. The largest absolute Gasteiger partial charge is 0.423 e. The fourth-order valence-corrected chi connectivity index (χ4v) is 2.96. The summed E-state index contributed by atoms with van der Waals surface area (Å²) in [5.74, 6) is -0.110. The molecule has 1 aromatic carbocycles. The van der Waals surface area contributed by atoms with Gasteiger partial charge in [-0.15, -0.1) is 11.3 Å². The molecule has 0 unspecified atom stereocenters. The van der Waals surface area contributed by atoms with E-state index in [2.05, 4.69) is 5.32 Å². The normalized spacial score (nSPS) is 10.8. The zero-order valence-electron chi connectivity index (χ0n) is 12.1. The van der Waals surface area contributed by atoms with E-state index in [4.69, 9.17) is 4.42 Å². The van der Waals surface area contributed by atoms with Crippen LogP contribution < -0.4 is 10.9 Å². The van der Waals surface area contributed by atoms with E-state index in [1.54, 1.807) is 11.3 Å². The van der Waals surface area contributed by atoms with Gasteiger partial charge in [0.1, 0.15) is 5.58 Å². The molecule has 0 aliphatic carbocycles. The summed E-state index contributed by atoms with van der Waals surface area (Å²) < 4.78 is 5.20. The van der Waals surface area contributed by atoms with Crippen LogP contribution in [0.5, 0.6) is 0 Å². The minimum Gasteiger partial charge on any atom is -0.423 e. The average Bonchev–Trinajstić information content (AvgIpc) is 2.97. The van der Waals surface area contributed by atoms with Crippen LogP contribution in [0.2, 0.25) is 0 Å². The summed E-state index contributed by atoms with van der Waals surface area (Å²) in [6, 6.07) is 10.9. The molecule has 1 amide bonds. The lowest BCUT2D eigenvalue weighted by molar-refractivity contribution is -0.120. The molecule has 3 rings (SSSR count). The molecule has 2 heterocycles. The number of hydrogen-bond donors (Lipinski definition) is 1. The molecule has 0 spiro atoms. The highest BCUT2D eigenvalue weighted by atomic mass is 32.1. The Morgan fingerprint density at radius 2 is 2.14 bits per heavy atom. The van der Waals surface area contributed by atoms with Crippen LogP contribution in [0.25, 0.3) is 11.0 Å². The molecule has 22 heavy (non-hydrogen) atoms. The number of thiophene rings is 1. The Balaban J connectivity index is 1.81. The molecule has 1 N–H and O–H groups in total. The molecule has 0 saturated carbocycles. The zero-order chi connectivity index (χ0) is 15.5. The van der Waals surface area contributed by atoms with Gasteiger partial charge < -0.3 is 9.73 Å². The highest BCUT2D eigenvalue weighted by Gasteiger charge is 2.10. The molecule has 112 valence electrons. The quantitative estimate of drug-likeness (QED) is 0.753. The SMILES string of the molecule is Cc1ccc2c(CC(=O)NCc3cccs3)cc(=O)oc2c1. The van der Waals surface area contributed by atoms with Gasteiger partial charge in [0.2, 0.25) is 5.91 Å². The first-order valence-electron chi connectivity index (χ1n) is 6.94. The third-order valence-corrected chi connectivity index (χ3v) is 4.25. The van der Waals surface area contributed by atoms with Crippen molar-refractivity contribution in [3.05, 3.63) is 68.2 Å². The van der Waals surface area contributed by atoms with Crippen molar-refractivity contribution in [2.24, 2.45) is 0 Å². The Kier molecular flexibility index (Phi) is 4.06. The van der Waals surface area contributed by atoms with Gasteiger partial charge in [0.25, 0.3) is 0 Å². The third-order valence-electron chi connectivity index (χ3n) is 3.38. The Bertz CT molecular complexity index is 865. The fraction of sp³-hybridized carbons (Fsp3) is 0.176. The molecule has 0 bridgehead atoms. The summed E-state index contributed by atoms with van der Waals surface area (Å²) >= 11 is 1.60. The van der Waals surface area contributed by atoms with E-state index < -0.39 is 5.63 Å². The van der Waals surface area contributed by atoms with Crippen LogP contribution in [0.1, 0.15) is 16.0 Å². The van der Waals surface area contributed by atoms with Crippen LogP contribution in [0, 0.1) is 6.92 Å². The van der Waals surface area contributed by atoms with E-state index in [1.165, 1.54) is 6.07 Å². The zero-order valence-corrected chi connectivity index (χ0v) is 12.9. The number of fused-ring (bicyclic) bond motifs is 1. The molecule has 5 heteroatoms. The number of carbonyl (C=O) groups excluding carboxylic acids is 1. The summed E-state index contributed by atoms with van der Waals surface area (Å²) in [4.78, 5) is 24.8. The maximum atomic E-state index is 12.1. The first-order chi connectivity index (χ1) is 10.6. The van der Waals surface area contributed by atoms with E-state index in [-0.39, 0.29) is 12.3 Å². The van der Waals surface area contributed by atoms with Gasteiger partial charge >= 0.3 is 5.63 Å². The highest BCUT2D eigenvalue weighted by molar-refractivity contribution is 7.09. The summed E-state index contributed by atoms with van der Waals surface area (Å²) in [5, 5.41) is 5.64. The van der Waals surface area contributed by atoms with Gasteiger partial charge in [-0.25, -0.2) is 4.79 Å². The average molecular weight is 313 g/mol. The minimum atomic E-state index is -0.431. The lowest BCUT2D eigenvalue weighted by Gasteiger charge is -2.07. The van der Waals surface area contributed by atoms with Crippen molar-refractivity contribution in [2.75, 3.05) is 0 Å². The van der Waals surface area contributed by atoms with Gasteiger partial charge in [-0.3, -0.25) is 4.79 Å². The van der Waals surface area contributed by atoms with Crippen LogP contribution in [-0.2, 0) is 17.8 Å². The fourth-order valence-electron chi connectivity index (χ4n) is 2.32. The van der Waals surface area contributed by atoms with Crippen molar-refractivity contribution in [3.63, 3.8) is 0 Å². The Morgan fingerprint density at radius 1 is 1.27 bits per heavy atom. The van der Waals surface area contributed by atoms with E-state index in [0.717, 1.165) is 15.8 Å². The summed E-state index contributed by atoms with van der Waals surface area (Å²) in [5.41, 5.74) is 1.79. The lowest BCUT2D eigenvalue weighted by Crippen LogP contribution is -2.24. The van der Waals surface area contributed by atoms with Crippen LogP contribution in [0.4, 0.5) is 0 Å². The number of carbonyl (C=O) groups is 1. The Morgan fingerprint density at radius 3 is 2.91 bits per heavy atom. The monoisotopic (exact) mass is 313 g/mol. The summed E-state index contributed by atoms with van der Waals surface area (Å²) in [7, 11) is 0. The molecule has 0 fully saturated rings. The second kappa shape index (κ2) is 6.15. The van der Waals surface area contributed by atoms with Crippen molar-refractivity contribution < 1.29 is 9.21 Å². The number of hydrogen-bond acceptors (Lipinski definition) is 4. The second-order valence-electron chi connectivity index (χ2n) is 5.12. The van der Waals surface area contributed by atoms with Gasteiger partial charge in [-0.1, -0.05) is 18.2 Å².